The molecule has 1 rings (SSSR count). The number of carbonyl (C=O) groups is 1. The number of benzene rings is 1. The molecule has 0 aliphatic carbocycles. The minimum atomic E-state index is -0.182. The van der Waals surface area contributed by atoms with Crippen molar-refractivity contribution in [3.63, 3.8) is 0 Å². The van der Waals surface area contributed by atoms with Crippen molar-refractivity contribution >= 4 is 5.91 Å². The summed E-state index contributed by atoms with van der Waals surface area (Å²) in [4.78, 5) is 12.8. The number of amides is 1. The Morgan fingerprint density at radius 2 is 2.20 bits per heavy atom. The molecule has 1 aromatic carbocycles. The van der Waals surface area contributed by atoms with Crippen molar-refractivity contribution in [2.45, 2.75) is 6.42 Å². The van der Waals surface area contributed by atoms with Crippen LogP contribution in [0.15, 0.2) is 24.3 Å². The zero-order valence-corrected chi connectivity index (χ0v) is 8.47. The number of nitriles is 1. The molecule has 0 atom stereocenters. The first-order chi connectivity index (χ1) is 7.15. The van der Waals surface area contributed by atoms with Crippen molar-refractivity contribution in [3.8, 4) is 11.8 Å². The van der Waals surface area contributed by atoms with Gasteiger partial charge in [0.1, 0.15) is 12.3 Å². The van der Waals surface area contributed by atoms with Gasteiger partial charge >= 0.3 is 0 Å². The summed E-state index contributed by atoms with van der Waals surface area (Å²) in [5.74, 6) is -0.0748. The van der Waals surface area contributed by atoms with E-state index in [0.717, 1.165) is 0 Å². The van der Waals surface area contributed by atoms with E-state index in [-0.39, 0.29) is 24.6 Å². The van der Waals surface area contributed by atoms with Crippen LogP contribution >= 0.6 is 0 Å². The molecule has 1 N–H and O–H groups in total. The second-order valence-corrected chi connectivity index (χ2v) is 3.21. The maximum atomic E-state index is 11.5. The van der Waals surface area contributed by atoms with Gasteiger partial charge in [-0.15, -0.1) is 0 Å². The number of likely N-dealkylation sites (N-methyl/N-ethyl adjacent to an activating group) is 1. The Hall–Kier alpha value is -2.02. The van der Waals surface area contributed by atoms with Crippen molar-refractivity contribution in [3.05, 3.63) is 29.8 Å². The van der Waals surface area contributed by atoms with Crippen LogP contribution in [-0.4, -0.2) is 29.5 Å². The Morgan fingerprint density at radius 1 is 1.53 bits per heavy atom. The van der Waals surface area contributed by atoms with Gasteiger partial charge in [0.2, 0.25) is 5.91 Å². The van der Waals surface area contributed by atoms with Crippen molar-refractivity contribution in [1.29, 1.82) is 5.26 Å². The summed E-state index contributed by atoms with van der Waals surface area (Å²) in [6.07, 6.45) is 0.116. The molecular formula is C11H12N2O2. The van der Waals surface area contributed by atoms with E-state index in [1.807, 2.05) is 6.07 Å². The van der Waals surface area contributed by atoms with Gasteiger partial charge in [-0.05, 0) is 6.07 Å². The van der Waals surface area contributed by atoms with E-state index in [2.05, 4.69) is 0 Å². The van der Waals surface area contributed by atoms with E-state index >= 15 is 0 Å². The summed E-state index contributed by atoms with van der Waals surface area (Å²) in [5.41, 5.74) is 0.576. The lowest BCUT2D eigenvalue weighted by molar-refractivity contribution is -0.128. The van der Waals surface area contributed by atoms with Crippen LogP contribution in [0.2, 0.25) is 0 Å². The van der Waals surface area contributed by atoms with Crippen molar-refractivity contribution in [2.24, 2.45) is 0 Å². The number of phenolic OH excluding ortho intramolecular Hbond substituents is 1. The van der Waals surface area contributed by atoms with Gasteiger partial charge in [-0.25, -0.2) is 0 Å². The Balaban J connectivity index is 2.67. The Kier molecular flexibility index (Phi) is 3.69. The summed E-state index contributed by atoms with van der Waals surface area (Å²) in [5, 5.41) is 17.8. The lowest BCUT2D eigenvalue weighted by Crippen LogP contribution is -2.28. The molecule has 0 spiro atoms. The van der Waals surface area contributed by atoms with Gasteiger partial charge in [0, 0.05) is 12.6 Å². The quantitative estimate of drug-likeness (QED) is 0.744. The summed E-state index contributed by atoms with van der Waals surface area (Å²) in [6.45, 7) is 0.0619. The molecule has 0 heterocycles. The minimum Gasteiger partial charge on any atom is -0.508 e. The first-order valence-corrected chi connectivity index (χ1v) is 4.53. The monoisotopic (exact) mass is 204 g/mol. The van der Waals surface area contributed by atoms with Crippen molar-refractivity contribution < 1.29 is 9.90 Å². The second kappa shape index (κ2) is 5.01. The molecular weight excluding hydrogens is 192 g/mol. The van der Waals surface area contributed by atoms with Crippen molar-refractivity contribution in [2.75, 3.05) is 13.6 Å². The highest BCUT2D eigenvalue weighted by molar-refractivity contribution is 5.79. The Bertz CT molecular complexity index is 396. The number of aromatic hydroxyl groups is 1. The van der Waals surface area contributed by atoms with Gasteiger partial charge in [-0.2, -0.15) is 5.26 Å². The van der Waals surface area contributed by atoms with E-state index in [1.165, 1.54) is 11.0 Å². The van der Waals surface area contributed by atoms with Crippen LogP contribution in [0.4, 0.5) is 0 Å². The molecule has 1 aromatic rings. The fraction of sp³-hybridized carbons (Fsp3) is 0.273. The standard InChI is InChI=1S/C11H12N2O2/c1-13(7-6-12)11(15)8-9-4-2-3-5-10(9)14/h2-5,14H,7-8H2,1H3. The van der Waals surface area contributed by atoms with Gasteiger partial charge in [0.05, 0.1) is 12.5 Å². The SMILES string of the molecule is CN(CC#N)C(=O)Cc1ccccc1O. The number of nitrogens with zero attached hydrogens (tertiary/aromatic N) is 2. The number of hydrogen-bond acceptors (Lipinski definition) is 3. The third kappa shape index (κ3) is 2.99. The zero-order valence-electron chi connectivity index (χ0n) is 8.47. The van der Waals surface area contributed by atoms with Gasteiger partial charge in [0.25, 0.3) is 0 Å². The Labute approximate surface area is 88.4 Å². The van der Waals surface area contributed by atoms with Gasteiger partial charge < -0.3 is 10.0 Å². The predicted molar refractivity (Wildman–Crippen MR) is 55.1 cm³/mol. The smallest absolute Gasteiger partial charge is 0.227 e. The fourth-order valence-electron chi connectivity index (χ4n) is 1.15. The highest BCUT2D eigenvalue weighted by Gasteiger charge is 2.10. The molecule has 4 nitrogen and oxygen atoms in total. The number of hydrogen-bond donors (Lipinski definition) is 1. The number of phenols is 1. The van der Waals surface area contributed by atoms with Gasteiger partial charge in [0.15, 0.2) is 0 Å². The summed E-state index contributed by atoms with van der Waals surface area (Å²) in [6, 6.07) is 8.57. The molecule has 0 radical (unpaired) electrons. The van der Waals surface area contributed by atoms with E-state index < -0.39 is 0 Å². The third-order valence-corrected chi connectivity index (χ3v) is 2.07. The van der Waals surface area contributed by atoms with Gasteiger partial charge in [-0.3, -0.25) is 4.79 Å². The second-order valence-electron chi connectivity index (χ2n) is 3.21. The molecule has 0 fully saturated rings. The number of para-hydroxylation sites is 1. The van der Waals surface area contributed by atoms with Crippen LogP contribution in [0.5, 0.6) is 5.75 Å². The summed E-state index contributed by atoms with van der Waals surface area (Å²) in [7, 11) is 1.56. The number of rotatable bonds is 3. The van der Waals surface area contributed by atoms with E-state index in [4.69, 9.17) is 5.26 Å². The van der Waals surface area contributed by atoms with E-state index in [0.29, 0.717) is 5.56 Å². The molecule has 0 saturated heterocycles. The zero-order chi connectivity index (χ0) is 11.3. The largest absolute Gasteiger partial charge is 0.508 e. The topological polar surface area (TPSA) is 64.3 Å². The maximum Gasteiger partial charge on any atom is 0.227 e. The first kappa shape index (κ1) is 11.1. The first-order valence-electron chi connectivity index (χ1n) is 4.53. The van der Waals surface area contributed by atoms with Crippen LogP contribution in [0.3, 0.4) is 0 Å². The van der Waals surface area contributed by atoms with E-state index in [9.17, 15) is 9.90 Å². The van der Waals surface area contributed by atoms with Crippen LogP contribution in [0.25, 0.3) is 0 Å². The molecule has 0 bridgehead atoms. The van der Waals surface area contributed by atoms with Crippen molar-refractivity contribution in [1.82, 2.24) is 4.90 Å². The molecule has 0 saturated carbocycles. The molecule has 0 unspecified atom stereocenters. The predicted octanol–water partition coefficient (Wildman–Crippen LogP) is 0.917. The highest BCUT2D eigenvalue weighted by atomic mass is 16.3. The lowest BCUT2D eigenvalue weighted by Gasteiger charge is -2.13. The molecule has 0 aromatic heterocycles. The maximum absolute atomic E-state index is 11.5. The van der Waals surface area contributed by atoms with Crippen LogP contribution in [0.1, 0.15) is 5.56 Å². The van der Waals surface area contributed by atoms with Crippen LogP contribution in [-0.2, 0) is 11.2 Å². The van der Waals surface area contributed by atoms with Gasteiger partial charge in [-0.1, -0.05) is 18.2 Å². The third-order valence-electron chi connectivity index (χ3n) is 2.07. The number of carbonyl (C=O) groups excluding carboxylic acids is 1. The molecule has 0 aliphatic rings. The highest BCUT2D eigenvalue weighted by Crippen LogP contribution is 2.16. The summed E-state index contributed by atoms with van der Waals surface area (Å²) < 4.78 is 0. The van der Waals surface area contributed by atoms with Crippen LogP contribution < -0.4 is 0 Å². The summed E-state index contributed by atoms with van der Waals surface area (Å²) >= 11 is 0. The minimum absolute atomic E-state index is 0.0619. The Morgan fingerprint density at radius 3 is 2.80 bits per heavy atom. The fourth-order valence-corrected chi connectivity index (χ4v) is 1.15. The lowest BCUT2D eigenvalue weighted by atomic mass is 10.1. The molecule has 78 valence electrons. The molecule has 4 heteroatoms. The van der Waals surface area contributed by atoms with E-state index in [1.54, 1.807) is 25.2 Å². The average Bonchev–Trinajstić information content (AvgIpc) is 2.21. The normalized spacial score (nSPS) is 9.33. The molecule has 15 heavy (non-hydrogen) atoms. The van der Waals surface area contributed by atoms with Crippen LogP contribution in [0, 0.1) is 11.3 Å². The molecule has 0 aliphatic heterocycles. The average molecular weight is 204 g/mol. The molecule has 1 amide bonds.